The van der Waals surface area contributed by atoms with E-state index in [1.165, 1.54) is 0 Å². The largest absolute Gasteiger partial charge is 0.598 e. The Kier molecular flexibility index (Phi) is 4.94. The molecular formula is C15H27NOSSi. The molecule has 0 heterocycles. The molecular weight excluding hydrogens is 270 g/mol. The van der Waals surface area contributed by atoms with Crippen molar-refractivity contribution < 1.29 is 4.55 Å². The van der Waals surface area contributed by atoms with Gasteiger partial charge in [-0.15, -0.1) is 0 Å². The Balaban J connectivity index is 2.92. The van der Waals surface area contributed by atoms with Crippen LogP contribution in [0.2, 0.25) is 18.1 Å². The van der Waals surface area contributed by atoms with E-state index in [1.54, 1.807) is 0 Å². The summed E-state index contributed by atoms with van der Waals surface area (Å²) in [6.07, 6.45) is 0. The minimum absolute atomic E-state index is 0.176. The van der Waals surface area contributed by atoms with Crippen LogP contribution in [0.15, 0.2) is 30.3 Å². The van der Waals surface area contributed by atoms with Gasteiger partial charge >= 0.3 is 0 Å². The van der Waals surface area contributed by atoms with Crippen LogP contribution in [-0.4, -0.2) is 12.8 Å². The molecule has 0 amide bonds. The van der Waals surface area contributed by atoms with E-state index in [-0.39, 0.29) is 9.79 Å². The van der Waals surface area contributed by atoms with Gasteiger partial charge in [0, 0.05) is 16.9 Å². The third-order valence-electron chi connectivity index (χ3n) is 4.16. The summed E-state index contributed by atoms with van der Waals surface area (Å²) in [6, 6.07) is 10.1. The molecule has 0 fully saturated rings. The quantitative estimate of drug-likeness (QED) is 0.668. The van der Waals surface area contributed by atoms with E-state index in [0.717, 1.165) is 5.56 Å². The van der Waals surface area contributed by atoms with Crippen molar-refractivity contribution in [2.24, 2.45) is 0 Å². The topological polar surface area (TPSA) is 35.1 Å². The molecule has 1 N–H and O–H groups in total. The molecule has 1 atom stereocenters. The highest BCUT2D eigenvalue weighted by Crippen LogP contribution is 2.37. The molecule has 0 aliphatic rings. The zero-order chi connectivity index (χ0) is 14.9. The van der Waals surface area contributed by atoms with Crippen molar-refractivity contribution in [3.05, 3.63) is 35.9 Å². The second-order valence-electron chi connectivity index (χ2n) is 7.12. The molecule has 108 valence electrons. The Labute approximate surface area is 122 Å². The van der Waals surface area contributed by atoms with Gasteiger partial charge in [0.1, 0.15) is 0 Å². The van der Waals surface area contributed by atoms with Crippen LogP contribution in [0.4, 0.5) is 0 Å². The highest BCUT2D eigenvalue weighted by Gasteiger charge is 2.44. The summed E-state index contributed by atoms with van der Waals surface area (Å²) in [7, 11) is -1.76. The van der Waals surface area contributed by atoms with Crippen LogP contribution < -0.4 is 4.39 Å². The zero-order valence-corrected chi connectivity index (χ0v) is 15.0. The first-order chi connectivity index (χ1) is 8.48. The van der Waals surface area contributed by atoms with E-state index in [4.69, 9.17) is 0 Å². The maximum absolute atomic E-state index is 12.8. The molecule has 0 bridgehead atoms. The second kappa shape index (κ2) is 5.60. The Morgan fingerprint density at radius 3 is 1.89 bits per heavy atom. The highest BCUT2D eigenvalue weighted by atomic mass is 32.2. The van der Waals surface area contributed by atoms with Crippen molar-refractivity contribution in [2.75, 3.05) is 0 Å². The molecule has 0 saturated heterocycles. The van der Waals surface area contributed by atoms with Gasteiger partial charge in [0.2, 0.25) is 0 Å². The summed E-state index contributed by atoms with van der Waals surface area (Å²) in [5, 5.41) is 0.176. The zero-order valence-electron chi connectivity index (χ0n) is 13.2. The van der Waals surface area contributed by atoms with Gasteiger partial charge in [-0.1, -0.05) is 64.2 Å². The maximum Gasteiger partial charge on any atom is 0.183 e. The monoisotopic (exact) mass is 297 g/mol. The van der Waals surface area contributed by atoms with Crippen molar-refractivity contribution in [3.63, 3.8) is 0 Å². The molecule has 0 aromatic heterocycles. The molecule has 19 heavy (non-hydrogen) atoms. The average molecular weight is 298 g/mol. The lowest BCUT2D eigenvalue weighted by Crippen LogP contribution is -2.58. The van der Waals surface area contributed by atoms with Crippen molar-refractivity contribution in [3.8, 4) is 0 Å². The lowest BCUT2D eigenvalue weighted by molar-refractivity contribution is 0.547. The summed E-state index contributed by atoms with van der Waals surface area (Å²) < 4.78 is 15.8. The predicted molar refractivity (Wildman–Crippen MR) is 87.9 cm³/mol. The molecule has 1 rings (SSSR count). The first-order valence-corrected chi connectivity index (χ1v) is 10.9. The molecule has 0 radical (unpaired) electrons. The maximum atomic E-state index is 12.8. The Hall–Kier alpha value is -0.293. The standard InChI is InChI=1S/C15H27NOSSi/c1-14(2,3)19(6,7)16-18(17)15(4,5)13-11-9-8-10-12-13/h8-12,16H,1-7H3/t18-/m1/s1. The summed E-state index contributed by atoms with van der Waals surface area (Å²) in [6.45, 7) is 15.2. The highest BCUT2D eigenvalue weighted by molar-refractivity contribution is 7.91. The van der Waals surface area contributed by atoms with Gasteiger partial charge in [0.15, 0.2) is 13.0 Å². The van der Waals surface area contributed by atoms with Crippen LogP contribution in [0.1, 0.15) is 40.2 Å². The molecule has 0 aliphatic heterocycles. The van der Waals surface area contributed by atoms with E-state index in [0.29, 0.717) is 0 Å². The number of nitrogens with one attached hydrogen (secondary N) is 1. The van der Waals surface area contributed by atoms with Crippen molar-refractivity contribution in [1.29, 1.82) is 0 Å². The summed E-state index contributed by atoms with van der Waals surface area (Å²) in [5.41, 5.74) is 1.11. The first kappa shape index (κ1) is 16.8. The summed E-state index contributed by atoms with van der Waals surface area (Å²) in [5.74, 6) is 0. The first-order valence-electron chi connectivity index (χ1n) is 6.74. The van der Waals surface area contributed by atoms with Crippen molar-refractivity contribution in [2.45, 2.75) is 57.5 Å². The van der Waals surface area contributed by atoms with Gasteiger partial charge in [-0.3, -0.25) is 0 Å². The SMILES string of the molecule is CC(C)(c1ccccc1)[S@@+]([O-])N[Si](C)(C)C(C)(C)C. The minimum Gasteiger partial charge on any atom is -0.598 e. The van der Waals surface area contributed by atoms with Gasteiger partial charge in [0.25, 0.3) is 0 Å². The Morgan fingerprint density at radius 2 is 1.47 bits per heavy atom. The smallest absolute Gasteiger partial charge is 0.183 e. The van der Waals surface area contributed by atoms with E-state index < -0.39 is 19.6 Å². The Morgan fingerprint density at radius 1 is 1.00 bits per heavy atom. The van der Waals surface area contributed by atoms with Crippen LogP contribution in [0.3, 0.4) is 0 Å². The van der Waals surface area contributed by atoms with Gasteiger partial charge in [-0.25, -0.2) is 0 Å². The van der Waals surface area contributed by atoms with Crippen molar-refractivity contribution in [1.82, 2.24) is 4.39 Å². The van der Waals surface area contributed by atoms with E-state index >= 15 is 0 Å². The lowest BCUT2D eigenvalue weighted by Gasteiger charge is -2.40. The predicted octanol–water partition coefficient (Wildman–Crippen LogP) is 4.18. The number of rotatable bonds is 4. The summed E-state index contributed by atoms with van der Waals surface area (Å²) in [4.78, 5) is 0. The second-order valence-corrected chi connectivity index (χ2v) is 14.2. The fourth-order valence-corrected chi connectivity index (χ4v) is 5.91. The van der Waals surface area contributed by atoms with Crippen LogP contribution in [0.5, 0.6) is 0 Å². The molecule has 4 heteroatoms. The van der Waals surface area contributed by atoms with E-state index in [2.05, 4.69) is 38.3 Å². The third-order valence-corrected chi connectivity index (χ3v) is 11.9. The van der Waals surface area contributed by atoms with Crippen LogP contribution in [0.25, 0.3) is 0 Å². The molecule has 1 aromatic rings. The van der Waals surface area contributed by atoms with Crippen molar-refractivity contribution >= 4 is 19.6 Å². The third kappa shape index (κ3) is 3.84. The van der Waals surface area contributed by atoms with Gasteiger partial charge in [-0.2, -0.15) is 4.39 Å². The molecule has 2 nitrogen and oxygen atoms in total. The van der Waals surface area contributed by atoms with Gasteiger partial charge in [-0.05, 0) is 18.9 Å². The molecule has 0 unspecified atom stereocenters. The molecule has 1 aromatic carbocycles. The minimum atomic E-state index is -1.76. The molecule has 0 saturated carbocycles. The molecule has 0 spiro atoms. The van der Waals surface area contributed by atoms with E-state index in [9.17, 15) is 4.55 Å². The number of hydrogen-bond acceptors (Lipinski definition) is 2. The Bertz CT molecular complexity index is 412. The van der Waals surface area contributed by atoms with Gasteiger partial charge in [0.05, 0.1) is 0 Å². The van der Waals surface area contributed by atoms with Gasteiger partial charge < -0.3 is 4.55 Å². The number of hydrogen-bond donors (Lipinski definition) is 1. The van der Waals surface area contributed by atoms with Crippen LogP contribution in [-0.2, 0) is 16.1 Å². The lowest BCUT2D eigenvalue weighted by atomic mass is 10.0. The fraction of sp³-hybridized carbons (Fsp3) is 0.600. The van der Waals surface area contributed by atoms with Crippen LogP contribution in [0, 0.1) is 0 Å². The fourth-order valence-electron chi connectivity index (χ4n) is 1.46. The van der Waals surface area contributed by atoms with E-state index in [1.807, 2.05) is 44.2 Å². The molecule has 0 aliphatic carbocycles. The average Bonchev–Trinajstić information content (AvgIpc) is 2.28. The summed E-state index contributed by atoms with van der Waals surface area (Å²) >= 11 is -1.09. The number of benzene rings is 1. The normalized spacial score (nSPS) is 15.4. The van der Waals surface area contributed by atoms with Crippen LogP contribution >= 0.6 is 0 Å².